The summed E-state index contributed by atoms with van der Waals surface area (Å²) in [6.07, 6.45) is 3.54. The molecule has 1 heterocycles. The second-order valence-electron chi connectivity index (χ2n) is 4.25. The van der Waals surface area contributed by atoms with Crippen molar-refractivity contribution in [1.82, 2.24) is 5.32 Å². The second kappa shape index (κ2) is 6.07. The first-order valence-electron chi connectivity index (χ1n) is 5.94. The molecule has 0 aliphatic carbocycles. The van der Waals surface area contributed by atoms with Gasteiger partial charge < -0.3 is 10.1 Å². The molecule has 1 atom stereocenters. The van der Waals surface area contributed by atoms with Crippen molar-refractivity contribution in [1.29, 1.82) is 0 Å². The van der Waals surface area contributed by atoms with Gasteiger partial charge in [-0.3, -0.25) is 4.79 Å². The van der Waals surface area contributed by atoms with Crippen molar-refractivity contribution in [3.63, 3.8) is 0 Å². The molecule has 1 saturated heterocycles. The van der Waals surface area contributed by atoms with Gasteiger partial charge in [-0.05, 0) is 43.5 Å². The van der Waals surface area contributed by atoms with Gasteiger partial charge in [0.1, 0.15) is 0 Å². The lowest BCUT2D eigenvalue weighted by Crippen LogP contribution is -2.35. The highest BCUT2D eigenvalue weighted by Crippen LogP contribution is 2.12. The molecule has 4 heteroatoms. The third-order valence-corrected chi connectivity index (χ3v) is 3.19. The largest absolute Gasteiger partial charge is 0.376 e. The van der Waals surface area contributed by atoms with E-state index in [0.717, 1.165) is 24.3 Å². The molecular formula is C13H17NO2S. The van der Waals surface area contributed by atoms with Crippen molar-refractivity contribution >= 4 is 18.5 Å². The maximum atomic E-state index is 11.8. The van der Waals surface area contributed by atoms with Crippen LogP contribution in [-0.2, 0) is 4.74 Å². The summed E-state index contributed by atoms with van der Waals surface area (Å²) in [6.45, 7) is 1.41. The number of nitrogens with one attached hydrogen (secondary N) is 1. The van der Waals surface area contributed by atoms with Gasteiger partial charge in [0.05, 0.1) is 6.10 Å². The van der Waals surface area contributed by atoms with Gasteiger partial charge in [0.15, 0.2) is 0 Å². The van der Waals surface area contributed by atoms with Crippen LogP contribution in [0.5, 0.6) is 0 Å². The highest BCUT2D eigenvalue weighted by atomic mass is 32.1. The van der Waals surface area contributed by atoms with Crippen LogP contribution in [0.25, 0.3) is 0 Å². The van der Waals surface area contributed by atoms with Crippen LogP contribution in [0.4, 0.5) is 0 Å². The normalized spacial score (nSPS) is 19.9. The lowest BCUT2D eigenvalue weighted by Gasteiger charge is -2.22. The van der Waals surface area contributed by atoms with Crippen LogP contribution in [0.3, 0.4) is 0 Å². The van der Waals surface area contributed by atoms with Crippen LogP contribution < -0.4 is 5.32 Å². The lowest BCUT2D eigenvalue weighted by atomic mass is 10.1. The minimum absolute atomic E-state index is 0.0486. The summed E-state index contributed by atoms with van der Waals surface area (Å²) in [7, 11) is 0. The Morgan fingerprint density at radius 1 is 1.35 bits per heavy atom. The Morgan fingerprint density at radius 2 is 2.12 bits per heavy atom. The van der Waals surface area contributed by atoms with Gasteiger partial charge in [-0.25, -0.2) is 0 Å². The molecule has 1 N–H and O–H groups in total. The number of thiol groups is 1. The first kappa shape index (κ1) is 12.5. The number of benzene rings is 1. The minimum atomic E-state index is -0.0486. The van der Waals surface area contributed by atoms with Gasteiger partial charge in [0, 0.05) is 23.6 Å². The average molecular weight is 251 g/mol. The van der Waals surface area contributed by atoms with E-state index in [1.165, 1.54) is 6.42 Å². The fourth-order valence-corrected chi connectivity index (χ4v) is 2.04. The molecule has 1 amide bonds. The maximum absolute atomic E-state index is 11.8. The van der Waals surface area contributed by atoms with E-state index in [-0.39, 0.29) is 12.0 Å². The third-order valence-electron chi connectivity index (χ3n) is 2.89. The second-order valence-corrected chi connectivity index (χ2v) is 4.76. The van der Waals surface area contributed by atoms with Gasteiger partial charge >= 0.3 is 0 Å². The molecule has 1 aromatic carbocycles. The standard InChI is InChI=1S/C13H17NO2S/c15-13(10-4-6-12(17)7-5-10)14-9-11-3-1-2-8-16-11/h4-7,11,17H,1-3,8-9H2,(H,14,15). The fraction of sp³-hybridized carbons (Fsp3) is 0.462. The molecule has 0 saturated carbocycles. The molecule has 92 valence electrons. The summed E-state index contributed by atoms with van der Waals surface area (Å²) < 4.78 is 5.56. The summed E-state index contributed by atoms with van der Waals surface area (Å²) in [5.74, 6) is -0.0486. The van der Waals surface area contributed by atoms with E-state index in [0.29, 0.717) is 12.1 Å². The van der Waals surface area contributed by atoms with Crippen molar-refractivity contribution in [2.45, 2.75) is 30.3 Å². The first-order chi connectivity index (χ1) is 8.25. The SMILES string of the molecule is O=C(NCC1CCCCO1)c1ccc(S)cc1. The van der Waals surface area contributed by atoms with Crippen molar-refractivity contribution in [2.24, 2.45) is 0 Å². The van der Waals surface area contributed by atoms with Gasteiger partial charge in [0.25, 0.3) is 5.91 Å². The van der Waals surface area contributed by atoms with Crippen LogP contribution in [0, 0.1) is 0 Å². The Hall–Kier alpha value is -1.00. The van der Waals surface area contributed by atoms with Crippen molar-refractivity contribution in [3.05, 3.63) is 29.8 Å². The molecule has 1 aliphatic rings. The number of rotatable bonds is 3. The molecule has 2 rings (SSSR count). The van der Waals surface area contributed by atoms with Crippen molar-refractivity contribution < 1.29 is 9.53 Å². The molecule has 0 aromatic heterocycles. The number of ether oxygens (including phenoxy) is 1. The Balaban J connectivity index is 1.82. The van der Waals surface area contributed by atoms with Crippen LogP contribution in [0.2, 0.25) is 0 Å². The summed E-state index contributed by atoms with van der Waals surface area (Å²) >= 11 is 4.18. The van der Waals surface area contributed by atoms with Gasteiger partial charge in [-0.15, -0.1) is 12.6 Å². The molecule has 1 aromatic rings. The molecule has 3 nitrogen and oxygen atoms in total. The van der Waals surface area contributed by atoms with E-state index in [1.54, 1.807) is 12.1 Å². The topological polar surface area (TPSA) is 38.3 Å². The van der Waals surface area contributed by atoms with E-state index >= 15 is 0 Å². The van der Waals surface area contributed by atoms with Gasteiger partial charge in [0.2, 0.25) is 0 Å². The first-order valence-corrected chi connectivity index (χ1v) is 6.39. The number of carbonyl (C=O) groups is 1. The zero-order valence-corrected chi connectivity index (χ0v) is 10.6. The van der Waals surface area contributed by atoms with E-state index in [9.17, 15) is 4.79 Å². The number of amides is 1. The Morgan fingerprint density at radius 3 is 2.76 bits per heavy atom. The zero-order valence-electron chi connectivity index (χ0n) is 9.69. The molecule has 1 aliphatic heterocycles. The molecule has 17 heavy (non-hydrogen) atoms. The van der Waals surface area contributed by atoms with Crippen LogP contribution in [0.15, 0.2) is 29.2 Å². The van der Waals surface area contributed by atoms with Gasteiger partial charge in [-0.2, -0.15) is 0 Å². The molecule has 0 radical (unpaired) electrons. The molecule has 0 bridgehead atoms. The van der Waals surface area contributed by atoms with Crippen LogP contribution in [-0.4, -0.2) is 25.2 Å². The van der Waals surface area contributed by atoms with Crippen molar-refractivity contribution in [2.75, 3.05) is 13.2 Å². The van der Waals surface area contributed by atoms with Crippen LogP contribution in [0.1, 0.15) is 29.6 Å². The van der Waals surface area contributed by atoms with Crippen molar-refractivity contribution in [3.8, 4) is 0 Å². The summed E-state index contributed by atoms with van der Waals surface area (Å²) in [6, 6.07) is 7.18. The number of hydrogen-bond acceptors (Lipinski definition) is 3. The van der Waals surface area contributed by atoms with E-state index in [1.807, 2.05) is 12.1 Å². The lowest BCUT2D eigenvalue weighted by molar-refractivity contribution is 0.0169. The molecular weight excluding hydrogens is 234 g/mol. The Kier molecular flexibility index (Phi) is 4.45. The quantitative estimate of drug-likeness (QED) is 0.809. The third kappa shape index (κ3) is 3.75. The molecule has 0 spiro atoms. The van der Waals surface area contributed by atoms with E-state index in [2.05, 4.69) is 17.9 Å². The van der Waals surface area contributed by atoms with Crippen LogP contribution >= 0.6 is 12.6 Å². The molecule has 1 unspecified atom stereocenters. The predicted octanol–water partition coefficient (Wildman–Crippen LogP) is 2.27. The maximum Gasteiger partial charge on any atom is 0.251 e. The smallest absolute Gasteiger partial charge is 0.251 e. The zero-order chi connectivity index (χ0) is 12.1. The highest BCUT2D eigenvalue weighted by Gasteiger charge is 2.15. The summed E-state index contributed by atoms with van der Waals surface area (Å²) in [5.41, 5.74) is 0.665. The average Bonchev–Trinajstić information content (AvgIpc) is 2.38. The number of hydrogen-bond donors (Lipinski definition) is 2. The van der Waals surface area contributed by atoms with Gasteiger partial charge in [-0.1, -0.05) is 0 Å². The monoisotopic (exact) mass is 251 g/mol. The number of carbonyl (C=O) groups excluding carboxylic acids is 1. The van der Waals surface area contributed by atoms with E-state index in [4.69, 9.17) is 4.74 Å². The summed E-state index contributed by atoms with van der Waals surface area (Å²) in [5, 5.41) is 2.90. The molecule has 1 fully saturated rings. The fourth-order valence-electron chi connectivity index (χ4n) is 1.89. The highest BCUT2D eigenvalue weighted by molar-refractivity contribution is 7.80. The predicted molar refractivity (Wildman–Crippen MR) is 69.6 cm³/mol. The Bertz CT molecular complexity index is 372. The Labute approximate surface area is 107 Å². The minimum Gasteiger partial charge on any atom is -0.376 e. The van der Waals surface area contributed by atoms with E-state index < -0.39 is 0 Å². The summed E-state index contributed by atoms with van der Waals surface area (Å²) in [4.78, 5) is 12.7.